The number of rotatable bonds is 7. The van der Waals surface area contributed by atoms with Crippen LogP contribution in [0.2, 0.25) is 0 Å². The van der Waals surface area contributed by atoms with Crippen LogP contribution >= 0.6 is 0 Å². The average Bonchev–Trinajstić information content (AvgIpc) is 3.29. The van der Waals surface area contributed by atoms with Gasteiger partial charge >= 0.3 is 0 Å². The number of carbonyl (C=O) groups is 1. The van der Waals surface area contributed by atoms with E-state index in [1.807, 2.05) is 18.2 Å². The van der Waals surface area contributed by atoms with Gasteiger partial charge in [0.25, 0.3) is 15.9 Å². The third-order valence-corrected chi connectivity index (χ3v) is 7.59. The molecule has 4 aromatic rings. The molecule has 0 bridgehead atoms. The molecule has 1 aliphatic rings. The molecule has 1 amide bonds. The van der Waals surface area contributed by atoms with Gasteiger partial charge in [0.15, 0.2) is 0 Å². The van der Waals surface area contributed by atoms with Crippen molar-refractivity contribution in [2.24, 2.45) is 5.10 Å². The van der Waals surface area contributed by atoms with Crippen LogP contribution in [0.15, 0.2) is 95.1 Å². The van der Waals surface area contributed by atoms with Gasteiger partial charge in [0.2, 0.25) is 0 Å². The minimum Gasteiger partial charge on any atom is -0.271 e. The van der Waals surface area contributed by atoms with Crippen LogP contribution in [0.3, 0.4) is 0 Å². The van der Waals surface area contributed by atoms with Gasteiger partial charge in [-0.05, 0) is 59.0 Å². The van der Waals surface area contributed by atoms with Gasteiger partial charge in [-0.25, -0.2) is 23.1 Å². The first-order chi connectivity index (χ1) is 16.5. The topological polar surface area (TPSA) is 91.7 Å². The molecular formula is C26H22N4O3S. The zero-order valence-electron chi connectivity index (χ0n) is 18.3. The first kappa shape index (κ1) is 21.8. The molecular weight excluding hydrogens is 448 g/mol. The molecule has 0 radical (unpaired) electrons. The van der Waals surface area contributed by atoms with Crippen LogP contribution in [0.4, 0.5) is 5.82 Å². The molecule has 8 heteroatoms. The SMILES string of the molecule is O=C(CN(c1ccccn1)S(=O)(=O)c1ccccc1)N/N=C\c1ccc2c3c(cccc13)CC2. The number of aromatic nitrogens is 1. The standard InChI is InChI=1S/C26H22N4O3S/c31-25(29-28-17-21-15-14-20-13-12-19-7-6-10-23(21)26(19)20)18-30(24-11-4-5-16-27-24)34(32,33)22-8-2-1-3-9-22/h1-11,14-17H,12-13,18H2,(H,29,31)/b28-17-. The van der Waals surface area contributed by atoms with E-state index in [0.717, 1.165) is 28.1 Å². The molecule has 0 aliphatic heterocycles. The highest BCUT2D eigenvalue weighted by molar-refractivity contribution is 7.92. The van der Waals surface area contributed by atoms with Crippen molar-refractivity contribution in [3.63, 3.8) is 0 Å². The van der Waals surface area contributed by atoms with Crippen molar-refractivity contribution in [1.82, 2.24) is 10.4 Å². The Balaban J connectivity index is 1.37. The van der Waals surface area contributed by atoms with E-state index in [9.17, 15) is 13.2 Å². The number of sulfonamides is 1. The summed E-state index contributed by atoms with van der Waals surface area (Å²) >= 11 is 0. The van der Waals surface area contributed by atoms with Gasteiger partial charge in [-0.15, -0.1) is 0 Å². The second-order valence-electron chi connectivity index (χ2n) is 7.96. The van der Waals surface area contributed by atoms with Gasteiger partial charge < -0.3 is 0 Å². The number of amides is 1. The van der Waals surface area contributed by atoms with Crippen LogP contribution in [0.25, 0.3) is 10.8 Å². The van der Waals surface area contributed by atoms with Crippen molar-refractivity contribution in [1.29, 1.82) is 0 Å². The molecule has 3 aromatic carbocycles. The normalized spacial score (nSPS) is 12.8. The van der Waals surface area contributed by atoms with E-state index in [4.69, 9.17) is 0 Å². The molecule has 170 valence electrons. The van der Waals surface area contributed by atoms with E-state index < -0.39 is 22.5 Å². The predicted molar refractivity (Wildman–Crippen MR) is 132 cm³/mol. The van der Waals surface area contributed by atoms with Crippen LogP contribution in [0.1, 0.15) is 16.7 Å². The van der Waals surface area contributed by atoms with Crippen LogP contribution in [-0.2, 0) is 27.7 Å². The van der Waals surface area contributed by atoms with E-state index >= 15 is 0 Å². The number of nitrogens with zero attached hydrogens (tertiary/aromatic N) is 3. The van der Waals surface area contributed by atoms with Crippen molar-refractivity contribution in [2.75, 3.05) is 10.8 Å². The maximum Gasteiger partial charge on any atom is 0.265 e. The highest BCUT2D eigenvalue weighted by Gasteiger charge is 2.27. The largest absolute Gasteiger partial charge is 0.271 e. The number of nitrogens with one attached hydrogen (secondary N) is 1. The van der Waals surface area contributed by atoms with Gasteiger partial charge in [-0.2, -0.15) is 5.10 Å². The van der Waals surface area contributed by atoms with Gasteiger partial charge in [-0.3, -0.25) is 4.79 Å². The molecule has 0 saturated heterocycles. The van der Waals surface area contributed by atoms with Gasteiger partial charge in [0, 0.05) is 11.8 Å². The zero-order valence-corrected chi connectivity index (χ0v) is 19.1. The van der Waals surface area contributed by atoms with E-state index in [0.29, 0.717) is 0 Å². The minimum absolute atomic E-state index is 0.0739. The monoisotopic (exact) mass is 470 g/mol. The van der Waals surface area contributed by atoms with Crippen LogP contribution in [0.5, 0.6) is 0 Å². The van der Waals surface area contributed by atoms with Crippen molar-refractivity contribution in [3.05, 3.63) is 102 Å². The molecule has 0 fully saturated rings. The first-order valence-electron chi connectivity index (χ1n) is 10.9. The third-order valence-electron chi connectivity index (χ3n) is 5.83. The lowest BCUT2D eigenvalue weighted by atomic mass is 10.0. The van der Waals surface area contributed by atoms with Crippen LogP contribution < -0.4 is 9.73 Å². The lowest BCUT2D eigenvalue weighted by Crippen LogP contribution is -2.40. The highest BCUT2D eigenvalue weighted by Crippen LogP contribution is 2.32. The summed E-state index contributed by atoms with van der Waals surface area (Å²) in [6, 6.07) is 23.1. The summed E-state index contributed by atoms with van der Waals surface area (Å²) < 4.78 is 27.5. The molecule has 1 N–H and O–H groups in total. The van der Waals surface area contributed by atoms with E-state index in [-0.39, 0.29) is 10.7 Å². The summed E-state index contributed by atoms with van der Waals surface area (Å²) in [5.41, 5.74) is 6.00. The quantitative estimate of drug-likeness (QED) is 0.329. The summed E-state index contributed by atoms with van der Waals surface area (Å²) in [7, 11) is -4.00. The smallest absolute Gasteiger partial charge is 0.265 e. The minimum atomic E-state index is -4.00. The Morgan fingerprint density at radius 1 is 0.941 bits per heavy atom. The number of hydrogen-bond donors (Lipinski definition) is 1. The fourth-order valence-electron chi connectivity index (χ4n) is 4.23. The molecule has 1 heterocycles. The van der Waals surface area contributed by atoms with Gasteiger partial charge in [0.05, 0.1) is 11.1 Å². The van der Waals surface area contributed by atoms with Crippen molar-refractivity contribution in [2.45, 2.75) is 17.7 Å². The molecule has 1 aromatic heterocycles. The number of aryl methyl sites for hydroxylation is 2. The Labute approximate surface area is 197 Å². The number of carbonyl (C=O) groups excluding carboxylic acids is 1. The lowest BCUT2D eigenvalue weighted by Gasteiger charge is -2.22. The van der Waals surface area contributed by atoms with Crippen LogP contribution in [-0.4, -0.2) is 32.1 Å². The number of benzene rings is 3. The van der Waals surface area contributed by atoms with E-state index in [1.54, 1.807) is 42.6 Å². The fraction of sp³-hybridized carbons (Fsp3) is 0.115. The molecule has 0 saturated carbocycles. The summed E-state index contributed by atoms with van der Waals surface area (Å²) in [5.74, 6) is -0.426. The zero-order chi connectivity index (χ0) is 23.5. The molecule has 0 atom stereocenters. The number of hydrogen-bond acceptors (Lipinski definition) is 5. The Morgan fingerprint density at radius 2 is 1.71 bits per heavy atom. The second kappa shape index (κ2) is 9.07. The van der Waals surface area contributed by atoms with Crippen LogP contribution in [0, 0.1) is 0 Å². The van der Waals surface area contributed by atoms with Crippen molar-refractivity contribution < 1.29 is 13.2 Å². The maximum atomic E-state index is 13.2. The maximum absolute atomic E-state index is 13.2. The number of hydrazone groups is 1. The fourth-order valence-corrected chi connectivity index (χ4v) is 5.63. The van der Waals surface area contributed by atoms with Crippen molar-refractivity contribution in [3.8, 4) is 0 Å². The molecule has 0 unspecified atom stereocenters. The molecule has 0 spiro atoms. The summed E-state index contributed by atoms with van der Waals surface area (Å²) in [6.07, 6.45) is 5.14. The summed E-state index contributed by atoms with van der Waals surface area (Å²) in [6.45, 7) is -0.463. The predicted octanol–water partition coefficient (Wildman–Crippen LogP) is 3.68. The number of pyridine rings is 1. The van der Waals surface area contributed by atoms with E-state index in [1.165, 1.54) is 34.8 Å². The number of anilines is 1. The van der Waals surface area contributed by atoms with Gasteiger partial charge in [0.1, 0.15) is 12.4 Å². The summed E-state index contributed by atoms with van der Waals surface area (Å²) in [5, 5.41) is 6.45. The molecule has 1 aliphatic carbocycles. The van der Waals surface area contributed by atoms with E-state index in [2.05, 4.69) is 27.6 Å². The Morgan fingerprint density at radius 3 is 2.47 bits per heavy atom. The van der Waals surface area contributed by atoms with Gasteiger partial charge in [-0.1, -0.05) is 54.6 Å². The average molecular weight is 471 g/mol. The molecule has 5 rings (SSSR count). The lowest BCUT2D eigenvalue weighted by molar-refractivity contribution is -0.119. The molecule has 34 heavy (non-hydrogen) atoms. The highest BCUT2D eigenvalue weighted by atomic mass is 32.2. The molecule has 7 nitrogen and oxygen atoms in total. The second-order valence-corrected chi connectivity index (χ2v) is 9.82. The Bertz CT molecular complexity index is 1480. The third kappa shape index (κ3) is 4.15. The first-order valence-corrected chi connectivity index (χ1v) is 12.3. The summed E-state index contributed by atoms with van der Waals surface area (Å²) in [4.78, 5) is 16.9. The Hall–Kier alpha value is -4.04. The Kier molecular flexibility index (Phi) is 5.81. The van der Waals surface area contributed by atoms with Crippen molar-refractivity contribution >= 4 is 38.7 Å².